The van der Waals surface area contributed by atoms with Crippen molar-refractivity contribution < 1.29 is 9.47 Å². The summed E-state index contributed by atoms with van der Waals surface area (Å²) in [6, 6.07) is 0.571. The van der Waals surface area contributed by atoms with Crippen molar-refractivity contribution in [2.45, 2.75) is 51.7 Å². The summed E-state index contributed by atoms with van der Waals surface area (Å²) in [4.78, 5) is 0. The van der Waals surface area contributed by atoms with Gasteiger partial charge in [-0.25, -0.2) is 0 Å². The largest absolute Gasteiger partial charge is 0.385 e. The molecule has 1 N–H and O–H groups in total. The van der Waals surface area contributed by atoms with Crippen molar-refractivity contribution in [1.82, 2.24) is 5.32 Å². The van der Waals surface area contributed by atoms with Gasteiger partial charge in [0.1, 0.15) is 0 Å². The molecule has 0 aromatic rings. The Bertz CT molecular complexity index is 167. The summed E-state index contributed by atoms with van der Waals surface area (Å²) in [5.74, 6) is 0.666. The van der Waals surface area contributed by atoms with E-state index in [1.807, 2.05) is 0 Å². The molecule has 0 aliphatic carbocycles. The van der Waals surface area contributed by atoms with E-state index in [9.17, 15) is 0 Å². The zero-order chi connectivity index (χ0) is 11.8. The molecule has 0 amide bonds. The van der Waals surface area contributed by atoms with Crippen LogP contribution in [0.25, 0.3) is 0 Å². The van der Waals surface area contributed by atoms with Crippen LogP contribution in [-0.2, 0) is 9.47 Å². The lowest BCUT2D eigenvalue weighted by Gasteiger charge is -2.23. The van der Waals surface area contributed by atoms with Crippen LogP contribution in [0.3, 0.4) is 0 Å². The van der Waals surface area contributed by atoms with E-state index in [-0.39, 0.29) is 0 Å². The van der Waals surface area contributed by atoms with Gasteiger partial charge in [0.2, 0.25) is 0 Å². The minimum Gasteiger partial charge on any atom is -0.385 e. The van der Waals surface area contributed by atoms with E-state index in [0.717, 1.165) is 32.6 Å². The van der Waals surface area contributed by atoms with Crippen molar-refractivity contribution in [3.63, 3.8) is 0 Å². The lowest BCUT2D eigenvalue weighted by molar-refractivity contribution is 0.102. The summed E-state index contributed by atoms with van der Waals surface area (Å²) in [6.07, 6.45) is 5.23. The zero-order valence-electron chi connectivity index (χ0n) is 11.0. The second-order valence-electron chi connectivity index (χ2n) is 5.01. The van der Waals surface area contributed by atoms with Gasteiger partial charge in [0.15, 0.2) is 0 Å². The number of nitrogens with one attached hydrogen (secondary N) is 1. The van der Waals surface area contributed by atoms with Crippen LogP contribution in [0.5, 0.6) is 0 Å². The summed E-state index contributed by atoms with van der Waals surface area (Å²) in [5, 5.41) is 3.62. The predicted molar refractivity (Wildman–Crippen MR) is 66.7 cm³/mol. The monoisotopic (exact) mass is 229 g/mol. The molecule has 96 valence electrons. The first-order valence-corrected chi connectivity index (χ1v) is 6.58. The molecule has 0 spiro atoms. The van der Waals surface area contributed by atoms with Gasteiger partial charge in [-0.3, -0.25) is 0 Å². The first kappa shape index (κ1) is 13.9. The standard InChI is InChI=1S/C13H27NO2/c1-11(2)13(7-10-15-3)14-8-6-12-5-4-9-16-12/h11-14H,4-10H2,1-3H3. The van der Waals surface area contributed by atoms with Crippen molar-refractivity contribution in [2.75, 3.05) is 26.9 Å². The van der Waals surface area contributed by atoms with E-state index >= 15 is 0 Å². The highest BCUT2D eigenvalue weighted by Crippen LogP contribution is 2.15. The second kappa shape index (κ2) is 8.04. The van der Waals surface area contributed by atoms with Crippen LogP contribution >= 0.6 is 0 Å². The Labute approximate surface area is 99.9 Å². The lowest BCUT2D eigenvalue weighted by atomic mass is 10.0. The average Bonchev–Trinajstić information content (AvgIpc) is 2.75. The fourth-order valence-corrected chi connectivity index (χ4v) is 2.22. The third kappa shape index (κ3) is 5.28. The molecule has 1 fully saturated rings. The van der Waals surface area contributed by atoms with Crippen LogP contribution in [0.15, 0.2) is 0 Å². The first-order chi connectivity index (χ1) is 7.74. The summed E-state index contributed by atoms with van der Waals surface area (Å²) >= 11 is 0. The smallest absolute Gasteiger partial charge is 0.0588 e. The molecule has 16 heavy (non-hydrogen) atoms. The van der Waals surface area contributed by atoms with Crippen molar-refractivity contribution in [1.29, 1.82) is 0 Å². The number of methoxy groups -OCH3 is 1. The molecule has 1 heterocycles. The fraction of sp³-hybridized carbons (Fsp3) is 1.00. The first-order valence-electron chi connectivity index (χ1n) is 6.58. The highest BCUT2D eigenvalue weighted by atomic mass is 16.5. The Kier molecular flexibility index (Phi) is 7.01. The number of hydrogen-bond donors (Lipinski definition) is 1. The summed E-state index contributed by atoms with van der Waals surface area (Å²) < 4.78 is 10.7. The zero-order valence-corrected chi connectivity index (χ0v) is 11.0. The molecule has 2 unspecified atom stereocenters. The molecule has 1 rings (SSSR count). The van der Waals surface area contributed by atoms with Crippen LogP contribution < -0.4 is 5.32 Å². The highest BCUT2D eigenvalue weighted by molar-refractivity contribution is 4.72. The highest BCUT2D eigenvalue weighted by Gasteiger charge is 2.17. The lowest BCUT2D eigenvalue weighted by Crippen LogP contribution is -2.36. The number of rotatable bonds is 8. The average molecular weight is 229 g/mol. The predicted octanol–water partition coefficient (Wildman–Crippen LogP) is 2.21. The van der Waals surface area contributed by atoms with Crippen LogP contribution in [0, 0.1) is 5.92 Å². The quantitative estimate of drug-likeness (QED) is 0.692. The van der Waals surface area contributed by atoms with Crippen molar-refractivity contribution in [3.05, 3.63) is 0 Å². The second-order valence-corrected chi connectivity index (χ2v) is 5.01. The van der Waals surface area contributed by atoms with E-state index in [1.54, 1.807) is 7.11 Å². The molecule has 0 radical (unpaired) electrons. The van der Waals surface area contributed by atoms with Crippen molar-refractivity contribution in [3.8, 4) is 0 Å². The Morgan fingerprint density at radius 3 is 2.81 bits per heavy atom. The molecule has 1 aliphatic rings. The van der Waals surface area contributed by atoms with E-state index in [0.29, 0.717) is 18.1 Å². The fourth-order valence-electron chi connectivity index (χ4n) is 2.22. The van der Waals surface area contributed by atoms with Crippen LogP contribution in [0.1, 0.15) is 39.5 Å². The van der Waals surface area contributed by atoms with Gasteiger partial charge in [-0.2, -0.15) is 0 Å². The Morgan fingerprint density at radius 2 is 2.25 bits per heavy atom. The Morgan fingerprint density at radius 1 is 1.44 bits per heavy atom. The van der Waals surface area contributed by atoms with E-state index < -0.39 is 0 Å². The summed E-state index contributed by atoms with van der Waals surface area (Å²) in [5.41, 5.74) is 0. The van der Waals surface area contributed by atoms with Gasteiger partial charge in [-0.15, -0.1) is 0 Å². The Balaban J connectivity index is 2.10. The molecule has 1 aliphatic heterocycles. The van der Waals surface area contributed by atoms with E-state index in [1.165, 1.54) is 12.8 Å². The van der Waals surface area contributed by atoms with Gasteiger partial charge < -0.3 is 14.8 Å². The number of hydrogen-bond acceptors (Lipinski definition) is 3. The molecule has 3 heteroatoms. The van der Waals surface area contributed by atoms with Crippen LogP contribution in [-0.4, -0.2) is 39.0 Å². The minimum atomic E-state index is 0.503. The molecular weight excluding hydrogens is 202 g/mol. The molecular formula is C13H27NO2. The topological polar surface area (TPSA) is 30.5 Å². The molecule has 0 saturated carbocycles. The molecule has 2 atom stereocenters. The Hall–Kier alpha value is -0.120. The minimum absolute atomic E-state index is 0.503. The van der Waals surface area contributed by atoms with Gasteiger partial charge >= 0.3 is 0 Å². The maximum atomic E-state index is 5.61. The SMILES string of the molecule is COCCC(NCCC1CCCO1)C(C)C. The van der Waals surface area contributed by atoms with Crippen LogP contribution in [0.4, 0.5) is 0 Å². The van der Waals surface area contributed by atoms with Crippen LogP contribution in [0.2, 0.25) is 0 Å². The van der Waals surface area contributed by atoms with Gasteiger partial charge in [-0.1, -0.05) is 13.8 Å². The molecule has 0 aromatic carbocycles. The molecule has 0 aromatic heterocycles. The molecule has 0 bridgehead atoms. The maximum Gasteiger partial charge on any atom is 0.0588 e. The van der Waals surface area contributed by atoms with Crippen molar-refractivity contribution >= 4 is 0 Å². The third-order valence-electron chi connectivity index (χ3n) is 3.33. The van der Waals surface area contributed by atoms with Crippen molar-refractivity contribution in [2.24, 2.45) is 5.92 Å². The normalized spacial score (nSPS) is 22.9. The summed E-state index contributed by atoms with van der Waals surface area (Å²) in [6.45, 7) is 7.40. The molecule has 1 saturated heterocycles. The third-order valence-corrected chi connectivity index (χ3v) is 3.33. The van der Waals surface area contributed by atoms with Gasteiger partial charge in [0.25, 0.3) is 0 Å². The number of ether oxygens (including phenoxy) is 2. The molecule has 3 nitrogen and oxygen atoms in total. The maximum absolute atomic E-state index is 5.61. The van der Waals surface area contributed by atoms with Gasteiger partial charge in [0, 0.05) is 26.4 Å². The van der Waals surface area contributed by atoms with Gasteiger partial charge in [-0.05, 0) is 38.1 Å². The van der Waals surface area contributed by atoms with E-state index in [4.69, 9.17) is 9.47 Å². The van der Waals surface area contributed by atoms with Gasteiger partial charge in [0.05, 0.1) is 6.10 Å². The van der Waals surface area contributed by atoms with E-state index in [2.05, 4.69) is 19.2 Å². The summed E-state index contributed by atoms with van der Waals surface area (Å²) in [7, 11) is 1.77.